The molecule has 1 fully saturated rings. The van der Waals surface area contributed by atoms with E-state index in [1.807, 2.05) is 84.0 Å². The summed E-state index contributed by atoms with van der Waals surface area (Å²) in [6, 6.07) is 9.54. The number of benzene rings is 2. The quantitative estimate of drug-likeness (QED) is 0.117. The van der Waals surface area contributed by atoms with Gasteiger partial charge in [0.15, 0.2) is 0 Å². The van der Waals surface area contributed by atoms with Gasteiger partial charge in [0.1, 0.15) is 24.2 Å². The first kappa shape index (κ1) is 51.6. The number of nitrogens with one attached hydrogen (secondary N) is 8. The number of rotatable bonds is 17. The Kier molecular flexibility index (Phi) is 17.5. The summed E-state index contributed by atoms with van der Waals surface area (Å²) < 4.78 is 0. The predicted octanol–water partition coefficient (Wildman–Crippen LogP) is 3.00. The lowest BCUT2D eigenvalue weighted by atomic mass is 9.85. The lowest BCUT2D eigenvalue weighted by molar-refractivity contribution is -0.144. The molecule has 66 heavy (non-hydrogen) atoms. The minimum Gasteiger partial charge on any atom is -0.351 e. The van der Waals surface area contributed by atoms with Crippen molar-refractivity contribution in [1.29, 1.82) is 0 Å². The Morgan fingerprint density at radius 1 is 0.636 bits per heavy atom. The van der Waals surface area contributed by atoms with Crippen LogP contribution < -0.4 is 42.5 Å². The number of likely N-dealkylation sites (tertiary alicyclic amines) is 1. The molecule has 1 heterocycles. The Balaban J connectivity index is 1.36. The van der Waals surface area contributed by atoms with Crippen LogP contribution in [0, 0.1) is 10.8 Å². The number of aryl methyl sites for hydroxylation is 2. The molecule has 9 atom stereocenters. The first-order valence-electron chi connectivity index (χ1n) is 23.7. The molecule has 5 rings (SSSR count). The van der Waals surface area contributed by atoms with Crippen LogP contribution in [0.25, 0.3) is 0 Å². The Morgan fingerprint density at radius 2 is 1.14 bits per heavy atom. The molecule has 2 aromatic rings. The van der Waals surface area contributed by atoms with Crippen LogP contribution >= 0.6 is 0 Å². The van der Waals surface area contributed by atoms with Crippen molar-refractivity contribution in [2.45, 2.75) is 168 Å². The molecule has 0 bridgehead atoms. The molecular weight excluding hydrogens is 839 g/mol. The van der Waals surface area contributed by atoms with Gasteiger partial charge < -0.3 is 47.4 Å². The molecular formula is C50H75N9O7. The number of hydrogen-bond donors (Lipinski definition) is 8. The van der Waals surface area contributed by atoms with Crippen molar-refractivity contribution in [3.63, 3.8) is 0 Å². The SMILES string of the molecule is CN[C@@H](C)C(=O)N[C@H](C(=O)N1C[C@@H](NC(=O)CC[C@@H](NC(=O)[C@H](NC(=O)[C@@H](C)NC)C(C)(C)C)C(=O)N[C@H]2CCCc3ccccc32)C[C@H]1C(=O)N[C@@H]1CCCc2ccccc21)C(C)(C)C. The largest absolute Gasteiger partial charge is 0.351 e. The molecule has 0 saturated carbocycles. The Bertz CT molecular complexity index is 2080. The highest BCUT2D eigenvalue weighted by Gasteiger charge is 2.46. The summed E-state index contributed by atoms with van der Waals surface area (Å²) >= 11 is 0. The molecule has 1 saturated heterocycles. The zero-order valence-electron chi connectivity index (χ0n) is 40.7. The summed E-state index contributed by atoms with van der Waals surface area (Å²) in [7, 11) is 3.30. The summed E-state index contributed by atoms with van der Waals surface area (Å²) in [6.45, 7) is 14.4. The van der Waals surface area contributed by atoms with Gasteiger partial charge in [0.2, 0.25) is 41.4 Å². The average molecular weight is 914 g/mol. The van der Waals surface area contributed by atoms with E-state index in [0.29, 0.717) is 6.42 Å². The molecule has 16 heteroatoms. The fourth-order valence-electron chi connectivity index (χ4n) is 9.17. The molecule has 1 aliphatic heterocycles. The summed E-state index contributed by atoms with van der Waals surface area (Å²) in [5.74, 6) is -2.98. The number of fused-ring (bicyclic) bond motifs is 2. The Morgan fingerprint density at radius 3 is 1.65 bits per heavy atom. The van der Waals surface area contributed by atoms with Crippen LogP contribution in [0.3, 0.4) is 0 Å². The molecule has 2 aromatic carbocycles. The number of amides is 7. The van der Waals surface area contributed by atoms with Crippen molar-refractivity contribution >= 4 is 41.4 Å². The highest BCUT2D eigenvalue weighted by Crippen LogP contribution is 2.32. The maximum Gasteiger partial charge on any atom is 0.246 e. The average Bonchev–Trinajstić information content (AvgIpc) is 3.70. The molecule has 16 nitrogen and oxygen atoms in total. The standard InChI is InChI=1S/C50H75N9O7/c1-29(51-9)43(61)57-41(49(3,4)5)47(65)56-38(45(63)54-36-23-15-19-31-17-11-13-21-34(31)36)25-26-40(60)53-33-27-39(46(64)55-37-24-16-20-32-18-12-14-22-35(32)37)59(28-33)48(66)42(50(6,7)8)58-44(62)30(2)52-10/h11-14,17-18,21-22,29-30,33,36-39,41-42,51-52H,15-16,19-20,23-28H2,1-10H3,(H,53,60)(H,54,63)(H,55,64)(H,56,65)(H,57,61)(H,58,62)/t29-,30+,33+,36+,37-,38-,39+,41+,42-/m1/s1. The van der Waals surface area contributed by atoms with Gasteiger partial charge in [0, 0.05) is 19.0 Å². The number of nitrogens with zero attached hydrogens (tertiary/aromatic N) is 1. The highest BCUT2D eigenvalue weighted by atomic mass is 16.2. The molecule has 2 aliphatic carbocycles. The van der Waals surface area contributed by atoms with Gasteiger partial charge in [0.05, 0.1) is 24.2 Å². The van der Waals surface area contributed by atoms with Gasteiger partial charge >= 0.3 is 0 Å². The monoisotopic (exact) mass is 914 g/mol. The van der Waals surface area contributed by atoms with Crippen LogP contribution in [0.1, 0.15) is 135 Å². The summed E-state index contributed by atoms with van der Waals surface area (Å²) in [5, 5.41) is 23.8. The molecule has 8 N–H and O–H groups in total. The summed E-state index contributed by atoms with van der Waals surface area (Å²) in [5.41, 5.74) is 2.90. The Hall–Kier alpha value is -5.35. The first-order chi connectivity index (χ1) is 31.1. The van der Waals surface area contributed by atoms with Gasteiger partial charge in [-0.05, 0) is 112 Å². The lowest BCUT2D eigenvalue weighted by Crippen LogP contribution is -2.60. The fraction of sp³-hybridized carbons (Fsp3) is 0.620. The van der Waals surface area contributed by atoms with Crippen molar-refractivity contribution in [1.82, 2.24) is 47.4 Å². The van der Waals surface area contributed by atoms with Gasteiger partial charge in [-0.2, -0.15) is 0 Å². The molecule has 0 spiro atoms. The predicted molar refractivity (Wildman–Crippen MR) is 254 cm³/mol. The minimum absolute atomic E-state index is 0.00762. The zero-order valence-corrected chi connectivity index (χ0v) is 40.7. The van der Waals surface area contributed by atoms with Crippen LogP contribution in [-0.2, 0) is 46.4 Å². The van der Waals surface area contributed by atoms with Gasteiger partial charge in [-0.15, -0.1) is 0 Å². The molecule has 0 aromatic heterocycles. The van der Waals surface area contributed by atoms with Crippen molar-refractivity contribution < 1.29 is 33.6 Å². The molecule has 3 aliphatic rings. The van der Waals surface area contributed by atoms with Crippen molar-refractivity contribution in [2.75, 3.05) is 20.6 Å². The number of carbonyl (C=O) groups is 7. The number of hydrogen-bond acceptors (Lipinski definition) is 9. The van der Waals surface area contributed by atoms with Gasteiger partial charge in [-0.3, -0.25) is 33.6 Å². The van der Waals surface area contributed by atoms with Crippen LogP contribution in [0.2, 0.25) is 0 Å². The minimum atomic E-state index is -1.14. The van der Waals surface area contributed by atoms with E-state index in [4.69, 9.17) is 0 Å². The molecule has 7 amide bonds. The molecule has 0 radical (unpaired) electrons. The second-order valence-corrected chi connectivity index (χ2v) is 20.5. The highest BCUT2D eigenvalue weighted by molar-refractivity contribution is 5.95. The third-order valence-electron chi connectivity index (χ3n) is 13.4. The number of likely N-dealkylation sites (N-methyl/N-ethyl adjacent to an activating group) is 2. The van der Waals surface area contributed by atoms with Gasteiger partial charge in [-0.25, -0.2) is 0 Å². The van der Waals surface area contributed by atoms with E-state index in [1.165, 1.54) is 10.5 Å². The molecule has 362 valence electrons. The number of carbonyl (C=O) groups excluding carboxylic acids is 7. The van der Waals surface area contributed by atoms with Gasteiger partial charge in [-0.1, -0.05) is 90.1 Å². The first-order valence-corrected chi connectivity index (χ1v) is 23.7. The molecule has 0 unspecified atom stereocenters. The summed E-state index contributed by atoms with van der Waals surface area (Å²) in [6.07, 6.45) is 4.89. The fourth-order valence-corrected chi connectivity index (χ4v) is 9.17. The Labute approximate surface area is 391 Å². The van der Waals surface area contributed by atoms with E-state index in [9.17, 15) is 33.6 Å². The third kappa shape index (κ3) is 13.2. The maximum atomic E-state index is 14.6. The van der Waals surface area contributed by atoms with Crippen molar-refractivity contribution in [2.24, 2.45) is 10.8 Å². The summed E-state index contributed by atoms with van der Waals surface area (Å²) in [4.78, 5) is 99.0. The van der Waals surface area contributed by atoms with Crippen LogP contribution in [0.15, 0.2) is 48.5 Å². The topological polar surface area (TPSA) is 219 Å². The van der Waals surface area contributed by atoms with E-state index < -0.39 is 76.8 Å². The zero-order chi connectivity index (χ0) is 48.5. The van der Waals surface area contributed by atoms with Gasteiger partial charge in [0.25, 0.3) is 0 Å². The van der Waals surface area contributed by atoms with E-state index in [0.717, 1.165) is 48.8 Å². The second-order valence-electron chi connectivity index (χ2n) is 20.5. The lowest BCUT2D eigenvalue weighted by Gasteiger charge is -2.36. The van der Waals surface area contributed by atoms with Crippen molar-refractivity contribution in [3.05, 3.63) is 70.8 Å². The second kappa shape index (κ2) is 22.4. The smallest absolute Gasteiger partial charge is 0.246 e. The van der Waals surface area contributed by atoms with Crippen LogP contribution in [0.5, 0.6) is 0 Å². The normalized spacial score (nSPS) is 21.6. The van der Waals surface area contributed by atoms with Crippen LogP contribution in [-0.4, -0.2) is 109 Å². The van der Waals surface area contributed by atoms with Crippen molar-refractivity contribution in [3.8, 4) is 0 Å². The maximum absolute atomic E-state index is 14.6. The van der Waals surface area contributed by atoms with Crippen LogP contribution in [0.4, 0.5) is 0 Å². The van der Waals surface area contributed by atoms with E-state index in [2.05, 4.69) is 48.6 Å². The van der Waals surface area contributed by atoms with E-state index in [1.54, 1.807) is 27.9 Å². The third-order valence-corrected chi connectivity index (χ3v) is 13.4. The van der Waals surface area contributed by atoms with E-state index in [-0.39, 0.29) is 55.6 Å². The van der Waals surface area contributed by atoms with E-state index >= 15 is 0 Å².